The summed E-state index contributed by atoms with van der Waals surface area (Å²) in [5.74, 6) is -0.578. The van der Waals surface area contributed by atoms with E-state index in [1.807, 2.05) is 0 Å². The Kier molecular flexibility index (Phi) is 3.84. The van der Waals surface area contributed by atoms with Crippen molar-refractivity contribution < 1.29 is 9.18 Å². The minimum Gasteiger partial charge on any atom is -0.294 e. The van der Waals surface area contributed by atoms with Crippen molar-refractivity contribution in [1.82, 2.24) is 9.97 Å². The number of carbonyl (C=O) groups is 1. The number of carbonyl (C=O) groups excluding carboxylic acids is 1. The lowest BCUT2D eigenvalue weighted by molar-refractivity contribution is -0.115. The SMILES string of the molecule is O=C(Cc1cccc(F)c1)Nc1nccc(Cl)n1. The maximum Gasteiger partial charge on any atom is 0.231 e. The average molecular weight is 266 g/mol. The van der Waals surface area contributed by atoms with Crippen LogP contribution in [0.25, 0.3) is 0 Å². The number of hydrogen-bond acceptors (Lipinski definition) is 3. The molecule has 92 valence electrons. The number of anilines is 1. The van der Waals surface area contributed by atoms with E-state index in [0.717, 1.165) is 0 Å². The zero-order valence-corrected chi connectivity index (χ0v) is 9.99. The van der Waals surface area contributed by atoms with Crippen LogP contribution in [0.3, 0.4) is 0 Å². The largest absolute Gasteiger partial charge is 0.294 e. The standard InChI is InChI=1S/C12H9ClFN3O/c13-10-4-5-15-12(16-10)17-11(18)7-8-2-1-3-9(14)6-8/h1-6H,7H2,(H,15,16,17,18). The topological polar surface area (TPSA) is 54.9 Å². The van der Waals surface area contributed by atoms with Gasteiger partial charge in [-0.2, -0.15) is 0 Å². The molecule has 0 unspecified atom stereocenters. The molecule has 0 aliphatic heterocycles. The molecule has 0 aliphatic rings. The van der Waals surface area contributed by atoms with Crippen molar-refractivity contribution in [2.75, 3.05) is 5.32 Å². The summed E-state index contributed by atoms with van der Waals surface area (Å²) in [6.07, 6.45) is 1.49. The van der Waals surface area contributed by atoms with Gasteiger partial charge in [-0.1, -0.05) is 23.7 Å². The number of rotatable bonds is 3. The van der Waals surface area contributed by atoms with E-state index in [4.69, 9.17) is 11.6 Å². The summed E-state index contributed by atoms with van der Waals surface area (Å²) in [5.41, 5.74) is 0.578. The van der Waals surface area contributed by atoms with E-state index in [-0.39, 0.29) is 29.2 Å². The average Bonchev–Trinajstić information content (AvgIpc) is 2.28. The number of halogens is 2. The molecule has 1 amide bonds. The molecule has 6 heteroatoms. The molecule has 18 heavy (non-hydrogen) atoms. The lowest BCUT2D eigenvalue weighted by Gasteiger charge is -2.03. The maximum atomic E-state index is 12.9. The van der Waals surface area contributed by atoms with Crippen LogP contribution < -0.4 is 5.32 Å². The van der Waals surface area contributed by atoms with Crippen molar-refractivity contribution in [1.29, 1.82) is 0 Å². The fourth-order valence-corrected chi connectivity index (χ4v) is 1.53. The van der Waals surface area contributed by atoms with E-state index >= 15 is 0 Å². The normalized spacial score (nSPS) is 10.1. The van der Waals surface area contributed by atoms with E-state index in [1.54, 1.807) is 12.1 Å². The van der Waals surface area contributed by atoms with Gasteiger partial charge in [0.2, 0.25) is 11.9 Å². The summed E-state index contributed by atoms with van der Waals surface area (Å²) in [6, 6.07) is 7.35. The summed E-state index contributed by atoms with van der Waals surface area (Å²) in [5, 5.41) is 2.72. The molecule has 0 spiro atoms. The minimum atomic E-state index is -0.376. The van der Waals surface area contributed by atoms with Gasteiger partial charge in [0.1, 0.15) is 11.0 Å². The van der Waals surface area contributed by atoms with Crippen LogP contribution in [0.5, 0.6) is 0 Å². The molecule has 0 aliphatic carbocycles. The van der Waals surface area contributed by atoms with Gasteiger partial charge in [0, 0.05) is 6.20 Å². The molecule has 2 aromatic rings. The number of amides is 1. The lowest BCUT2D eigenvalue weighted by atomic mass is 10.1. The van der Waals surface area contributed by atoms with Crippen LogP contribution in [0.4, 0.5) is 10.3 Å². The van der Waals surface area contributed by atoms with Crippen molar-refractivity contribution >= 4 is 23.5 Å². The van der Waals surface area contributed by atoms with Crippen molar-refractivity contribution in [3.63, 3.8) is 0 Å². The Balaban J connectivity index is 2.01. The monoisotopic (exact) mass is 265 g/mol. The Hall–Kier alpha value is -2.01. The molecular formula is C12H9ClFN3O. The van der Waals surface area contributed by atoms with Crippen molar-refractivity contribution in [2.24, 2.45) is 0 Å². The molecule has 1 aromatic heterocycles. The second-order valence-corrected chi connectivity index (χ2v) is 3.95. The molecule has 1 aromatic carbocycles. The Morgan fingerprint density at radius 3 is 2.94 bits per heavy atom. The molecule has 1 heterocycles. The van der Waals surface area contributed by atoms with Gasteiger partial charge in [-0.3, -0.25) is 10.1 Å². The fourth-order valence-electron chi connectivity index (χ4n) is 1.40. The molecule has 2 rings (SSSR count). The lowest BCUT2D eigenvalue weighted by Crippen LogP contribution is -2.16. The second-order valence-electron chi connectivity index (χ2n) is 3.56. The van der Waals surface area contributed by atoms with Gasteiger partial charge >= 0.3 is 0 Å². The summed E-state index contributed by atoms with van der Waals surface area (Å²) < 4.78 is 12.9. The smallest absolute Gasteiger partial charge is 0.231 e. The quantitative estimate of drug-likeness (QED) is 0.868. The molecule has 0 fully saturated rings. The van der Waals surface area contributed by atoms with E-state index in [1.165, 1.54) is 24.4 Å². The van der Waals surface area contributed by atoms with E-state index in [9.17, 15) is 9.18 Å². The van der Waals surface area contributed by atoms with Crippen molar-refractivity contribution in [3.8, 4) is 0 Å². The third-order valence-corrected chi connectivity index (χ3v) is 2.34. The number of aromatic nitrogens is 2. The van der Waals surface area contributed by atoms with E-state index < -0.39 is 0 Å². The van der Waals surface area contributed by atoms with Crippen molar-refractivity contribution in [3.05, 3.63) is 53.1 Å². The highest BCUT2D eigenvalue weighted by Crippen LogP contribution is 2.08. The highest BCUT2D eigenvalue weighted by atomic mass is 35.5. The molecule has 0 bridgehead atoms. The van der Waals surface area contributed by atoms with E-state index in [2.05, 4.69) is 15.3 Å². The van der Waals surface area contributed by atoms with Gasteiger partial charge in [0.25, 0.3) is 0 Å². The number of nitrogens with zero attached hydrogens (tertiary/aromatic N) is 2. The van der Waals surface area contributed by atoms with E-state index in [0.29, 0.717) is 5.56 Å². The Morgan fingerprint density at radius 2 is 2.22 bits per heavy atom. The third kappa shape index (κ3) is 3.49. The first-order valence-corrected chi connectivity index (χ1v) is 5.54. The first kappa shape index (κ1) is 12.4. The van der Waals surface area contributed by atoms with Crippen molar-refractivity contribution in [2.45, 2.75) is 6.42 Å². The highest BCUT2D eigenvalue weighted by Gasteiger charge is 2.06. The van der Waals surface area contributed by atoms with Crippen LogP contribution in [0.15, 0.2) is 36.5 Å². The summed E-state index contributed by atoms with van der Waals surface area (Å²) >= 11 is 5.66. The van der Waals surface area contributed by atoms with Gasteiger partial charge in [0.15, 0.2) is 0 Å². The molecule has 0 saturated carbocycles. The Bertz CT molecular complexity index is 527. The van der Waals surface area contributed by atoms with Crippen LogP contribution in [-0.4, -0.2) is 15.9 Å². The van der Waals surface area contributed by atoms with Crippen LogP contribution in [0.2, 0.25) is 5.15 Å². The molecular weight excluding hydrogens is 257 g/mol. The first-order valence-electron chi connectivity index (χ1n) is 5.16. The predicted molar refractivity (Wildman–Crippen MR) is 65.8 cm³/mol. The van der Waals surface area contributed by atoms with Gasteiger partial charge in [-0.25, -0.2) is 14.4 Å². The summed E-state index contributed by atoms with van der Waals surface area (Å²) in [6.45, 7) is 0. The van der Waals surface area contributed by atoms with Gasteiger partial charge in [-0.05, 0) is 23.8 Å². The highest BCUT2D eigenvalue weighted by molar-refractivity contribution is 6.29. The molecule has 0 atom stereocenters. The zero-order valence-electron chi connectivity index (χ0n) is 9.23. The number of nitrogens with one attached hydrogen (secondary N) is 1. The van der Waals surface area contributed by atoms with Crippen LogP contribution in [-0.2, 0) is 11.2 Å². The molecule has 0 radical (unpaired) electrons. The fraction of sp³-hybridized carbons (Fsp3) is 0.0833. The summed E-state index contributed by atoms with van der Waals surface area (Å²) in [7, 11) is 0. The van der Waals surface area contributed by atoms with Crippen LogP contribution in [0.1, 0.15) is 5.56 Å². The predicted octanol–water partition coefficient (Wildman–Crippen LogP) is 2.45. The second kappa shape index (κ2) is 5.55. The van der Waals surface area contributed by atoms with Crippen LogP contribution >= 0.6 is 11.6 Å². The Morgan fingerprint density at radius 1 is 1.39 bits per heavy atom. The summed E-state index contributed by atoms with van der Waals surface area (Å²) in [4.78, 5) is 19.3. The van der Waals surface area contributed by atoms with Crippen LogP contribution in [0, 0.1) is 5.82 Å². The number of hydrogen-bond donors (Lipinski definition) is 1. The third-order valence-electron chi connectivity index (χ3n) is 2.13. The number of benzene rings is 1. The molecule has 0 saturated heterocycles. The van der Waals surface area contributed by atoms with Gasteiger partial charge in [-0.15, -0.1) is 0 Å². The minimum absolute atomic E-state index is 0.0492. The zero-order chi connectivity index (χ0) is 13.0. The Labute approximate surface area is 108 Å². The first-order chi connectivity index (χ1) is 8.63. The van der Waals surface area contributed by atoms with Gasteiger partial charge in [0.05, 0.1) is 6.42 Å². The molecule has 4 nitrogen and oxygen atoms in total. The van der Waals surface area contributed by atoms with Gasteiger partial charge < -0.3 is 0 Å². The molecule has 1 N–H and O–H groups in total. The maximum absolute atomic E-state index is 12.9.